The minimum atomic E-state index is 0.239. The molecule has 0 aliphatic carbocycles. The van der Waals surface area contributed by atoms with E-state index in [1.807, 2.05) is 49.6 Å². The Bertz CT molecular complexity index is 1080. The summed E-state index contributed by atoms with van der Waals surface area (Å²) in [5.74, 6) is 4.44. The van der Waals surface area contributed by atoms with Crippen LogP contribution in [-0.2, 0) is 0 Å². The van der Waals surface area contributed by atoms with Crippen molar-refractivity contribution in [2.24, 2.45) is 0 Å². The van der Waals surface area contributed by atoms with Crippen molar-refractivity contribution >= 4 is 17.7 Å². The summed E-state index contributed by atoms with van der Waals surface area (Å²) in [5, 5.41) is 0. The summed E-state index contributed by atoms with van der Waals surface area (Å²) in [6, 6.07) is 12.1. The third-order valence-electron chi connectivity index (χ3n) is 5.87. The van der Waals surface area contributed by atoms with Gasteiger partial charge in [-0.1, -0.05) is 6.07 Å². The quantitative estimate of drug-likeness (QED) is 0.603. The van der Waals surface area contributed by atoms with Gasteiger partial charge in [0.1, 0.15) is 5.82 Å². The molecule has 0 bridgehead atoms. The van der Waals surface area contributed by atoms with Crippen LogP contribution in [-0.4, -0.2) is 66.0 Å². The predicted molar refractivity (Wildman–Crippen MR) is 124 cm³/mol. The molecule has 0 spiro atoms. The van der Waals surface area contributed by atoms with Crippen LogP contribution in [0.5, 0.6) is 11.5 Å². The zero-order valence-electron chi connectivity index (χ0n) is 18.6. The molecule has 0 atom stereocenters. The number of hydrogen-bond acceptors (Lipinski definition) is 9. The summed E-state index contributed by atoms with van der Waals surface area (Å²) in [5.41, 5.74) is 0.878. The molecular weight excluding hydrogens is 406 g/mol. The summed E-state index contributed by atoms with van der Waals surface area (Å²) in [4.78, 5) is 25.5. The van der Waals surface area contributed by atoms with Crippen LogP contribution in [0.2, 0.25) is 0 Å². The minimum Gasteiger partial charge on any atom is -0.454 e. The number of ether oxygens (including phenoxy) is 2. The monoisotopic (exact) mass is 433 g/mol. The molecule has 0 unspecified atom stereocenters. The van der Waals surface area contributed by atoms with E-state index in [0.717, 1.165) is 43.3 Å². The van der Waals surface area contributed by atoms with E-state index in [1.165, 1.54) is 0 Å². The minimum absolute atomic E-state index is 0.239. The van der Waals surface area contributed by atoms with Crippen molar-refractivity contribution in [3.63, 3.8) is 0 Å². The van der Waals surface area contributed by atoms with Gasteiger partial charge in [-0.15, -0.1) is 0 Å². The topological polar surface area (TPSA) is 79.7 Å². The second kappa shape index (κ2) is 8.49. The molecule has 2 aliphatic rings. The van der Waals surface area contributed by atoms with Crippen LogP contribution < -0.4 is 24.2 Å². The van der Waals surface area contributed by atoms with E-state index in [1.54, 1.807) is 0 Å². The molecule has 0 saturated carbocycles. The maximum atomic E-state index is 5.55. The second-order valence-corrected chi connectivity index (χ2v) is 8.19. The van der Waals surface area contributed by atoms with E-state index in [9.17, 15) is 0 Å². The average molecular weight is 434 g/mol. The highest BCUT2D eigenvalue weighted by Gasteiger charge is 2.23. The first-order chi connectivity index (χ1) is 15.6. The number of piperazine rings is 1. The van der Waals surface area contributed by atoms with Crippen molar-refractivity contribution in [1.29, 1.82) is 0 Å². The third-order valence-corrected chi connectivity index (χ3v) is 5.87. The fraction of sp³-hybridized carbons (Fsp3) is 0.391. The van der Waals surface area contributed by atoms with Crippen LogP contribution in [0, 0.1) is 0 Å². The van der Waals surface area contributed by atoms with Crippen molar-refractivity contribution in [3.8, 4) is 22.9 Å². The summed E-state index contributed by atoms with van der Waals surface area (Å²) >= 11 is 0. The molecule has 9 nitrogen and oxygen atoms in total. The molecule has 9 heteroatoms. The molecule has 1 fully saturated rings. The SMILES string of the molecule is CC(C)N(C)c1nc(-c2ccc3c(c2)OCO3)nc(N2CCN(c3ccccn3)CC2)n1. The molecule has 0 amide bonds. The van der Waals surface area contributed by atoms with Gasteiger partial charge in [0.2, 0.25) is 18.7 Å². The molecule has 166 valence electrons. The highest BCUT2D eigenvalue weighted by molar-refractivity contribution is 5.64. The Morgan fingerprint density at radius 3 is 2.44 bits per heavy atom. The van der Waals surface area contributed by atoms with Crippen molar-refractivity contribution in [3.05, 3.63) is 42.6 Å². The first-order valence-corrected chi connectivity index (χ1v) is 10.9. The second-order valence-electron chi connectivity index (χ2n) is 8.19. The fourth-order valence-corrected chi connectivity index (χ4v) is 3.73. The lowest BCUT2D eigenvalue weighted by molar-refractivity contribution is 0.174. The highest BCUT2D eigenvalue weighted by Crippen LogP contribution is 2.35. The lowest BCUT2D eigenvalue weighted by Gasteiger charge is -2.35. The van der Waals surface area contributed by atoms with Crippen LogP contribution in [0.4, 0.5) is 17.7 Å². The molecule has 2 aromatic heterocycles. The Morgan fingerprint density at radius 2 is 1.69 bits per heavy atom. The zero-order chi connectivity index (χ0) is 22.1. The van der Waals surface area contributed by atoms with Gasteiger partial charge in [-0.3, -0.25) is 0 Å². The maximum absolute atomic E-state index is 5.55. The molecular formula is C23H27N7O2. The van der Waals surface area contributed by atoms with Gasteiger partial charge >= 0.3 is 0 Å². The number of nitrogens with zero attached hydrogens (tertiary/aromatic N) is 7. The van der Waals surface area contributed by atoms with E-state index in [-0.39, 0.29) is 12.8 Å². The van der Waals surface area contributed by atoms with Crippen molar-refractivity contribution in [2.45, 2.75) is 19.9 Å². The van der Waals surface area contributed by atoms with Crippen LogP contribution in [0.15, 0.2) is 42.6 Å². The fourth-order valence-electron chi connectivity index (χ4n) is 3.73. The first kappa shape index (κ1) is 20.3. The number of pyridine rings is 1. The van der Waals surface area contributed by atoms with Gasteiger partial charge in [-0.25, -0.2) is 4.98 Å². The Morgan fingerprint density at radius 1 is 0.906 bits per heavy atom. The van der Waals surface area contributed by atoms with E-state index in [4.69, 9.17) is 24.4 Å². The third kappa shape index (κ3) is 3.98. The Balaban J connectivity index is 1.44. The van der Waals surface area contributed by atoms with E-state index in [0.29, 0.717) is 23.5 Å². The summed E-state index contributed by atoms with van der Waals surface area (Å²) in [6.07, 6.45) is 1.83. The number of aromatic nitrogens is 4. The van der Waals surface area contributed by atoms with Crippen LogP contribution in [0.1, 0.15) is 13.8 Å². The molecule has 1 aromatic carbocycles. The zero-order valence-corrected chi connectivity index (χ0v) is 18.6. The predicted octanol–water partition coefficient (Wildman–Crippen LogP) is 2.83. The summed E-state index contributed by atoms with van der Waals surface area (Å²) < 4.78 is 11.0. The largest absolute Gasteiger partial charge is 0.454 e. The Hall–Kier alpha value is -3.62. The Labute approximate surface area is 187 Å². The van der Waals surface area contributed by atoms with Crippen LogP contribution in [0.3, 0.4) is 0 Å². The van der Waals surface area contributed by atoms with Crippen molar-refractivity contribution < 1.29 is 9.47 Å². The molecule has 4 heterocycles. The Kier molecular flexibility index (Phi) is 5.38. The normalized spacial score (nSPS) is 15.4. The number of benzene rings is 1. The van der Waals surface area contributed by atoms with Gasteiger partial charge in [-0.2, -0.15) is 15.0 Å². The van der Waals surface area contributed by atoms with Gasteiger partial charge in [0, 0.05) is 51.0 Å². The number of hydrogen-bond donors (Lipinski definition) is 0. The van der Waals surface area contributed by atoms with E-state index < -0.39 is 0 Å². The molecule has 5 rings (SSSR count). The molecule has 0 N–H and O–H groups in total. The molecule has 3 aromatic rings. The summed E-state index contributed by atoms with van der Waals surface area (Å²) in [7, 11) is 2.01. The molecule has 2 aliphatic heterocycles. The molecule has 0 radical (unpaired) electrons. The maximum Gasteiger partial charge on any atom is 0.231 e. The van der Waals surface area contributed by atoms with Crippen molar-refractivity contribution in [1.82, 2.24) is 19.9 Å². The molecule has 32 heavy (non-hydrogen) atoms. The lowest BCUT2D eigenvalue weighted by Crippen LogP contribution is -2.47. The van der Waals surface area contributed by atoms with Gasteiger partial charge < -0.3 is 24.2 Å². The van der Waals surface area contributed by atoms with E-state index >= 15 is 0 Å². The highest BCUT2D eigenvalue weighted by atomic mass is 16.7. The summed E-state index contributed by atoms with van der Waals surface area (Å²) in [6.45, 7) is 7.82. The van der Waals surface area contributed by atoms with Gasteiger partial charge in [0.25, 0.3) is 0 Å². The van der Waals surface area contributed by atoms with Crippen LogP contribution >= 0.6 is 0 Å². The smallest absolute Gasteiger partial charge is 0.231 e. The average Bonchev–Trinajstić information content (AvgIpc) is 3.32. The van der Waals surface area contributed by atoms with Gasteiger partial charge in [0.05, 0.1) is 0 Å². The van der Waals surface area contributed by atoms with E-state index in [2.05, 4.69) is 33.5 Å². The first-order valence-electron chi connectivity index (χ1n) is 10.9. The van der Waals surface area contributed by atoms with Gasteiger partial charge in [-0.05, 0) is 44.2 Å². The number of fused-ring (bicyclic) bond motifs is 1. The standard InChI is InChI=1S/C23H27N7O2/c1-16(2)28(3)22-25-21(17-7-8-18-19(14-17)32-15-31-18)26-23(27-22)30-12-10-29(11-13-30)20-6-4-5-9-24-20/h4-9,14,16H,10-13,15H2,1-3H3. The number of rotatable bonds is 5. The lowest BCUT2D eigenvalue weighted by atomic mass is 10.2. The van der Waals surface area contributed by atoms with Gasteiger partial charge in [0.15, 0.2) is 17.3 Å². The number of anilines is 3. The van der Waals surface area contributed by atoms with Crippen molar-refractivity contribution in [2.75, 3.05) is 54.7 Å². The molecule has 1 saturated heterocycles. The van der Waals surface area contributed by atoms with Crippen LogP contribution in [0.25, 0.3) is 11.4 Å².